The van der Waals surface area contributed by atoms with E-state index in [9.17, 15) is 4.79 Å². The summed E-state index contributed by atoms with van der Waals surface area (Å²) in [4.78, 5) is 18.1. The minimum absolute atomic E-state index is 0.183. The molecular weight excluding hydrogens is 426 g/mol. The first-order valence-electron chi connectivity index (χ1n) is 11.3. The highest BCUT2D eigenvalue weighted by Crippen LogP contribution is 2.32. The van der Waals surface area contributed by atoms with Crippen molar-refractivity contribution in [3.63, 3.8) is 0 Å². The predicted molar refractivity (Wildman–Crippen MR) is 136 cm³/mol. The smallest absolute Gasteiger partial charge is 0.255 e. The molecule has 4 rings (SSSR count). The van der Waals surface area contributed by atoms with Crippen LogP contribution < -0.4 is 21.1 Å². The van der Waals surface area contributed by atoms with Crippen LogP contribution in [0.4, 0.5) is 5.82 Å². The lowest BCUT2D eigenvalue weighted by Gasteiger charge is -2.22. The average molecular weight is 458 g/mol. The number of amides is 1. The normalized spacial score (nSPS) is 11.4. The SMILES string of the molecule is COc1ccc(-c2nc3c(C(=O)NCc4cccc(CN)c4)cccn3c2NC(C)(C)C)cc1. The third-order valence-corrected chi connectivity index (χ3v) is 5.43. The quantitative estimate of drug-likeness (QED) is 0.377. The van der Waals surface area contributed by atoms with Gasteiger partial charge in [-0.3, -0.25) is 9.20 Å². The minimum Gasteiger partial charge on any atom is -0.497 e. The third kappa shape index (κ3) is 5.05. The lowest BCUT2D eigenvalue weighted by atomic mass is 10.1. The van der Waals surface area contributed by atoms with Gasteiger partial charge in [0, 0.05) is 30.4 Å². The van der Waals surface area contributed by atoms with Gasteiger partial charge in [0.15, 0.2) is 5.65 Å². The number of hydrogen-bond donors (Lipinski definition) is 3. The van der Waals surface area contributed by atoms with Crippen LogP contribution in [0.25, 0.3) is 16.9 Å². The van der Waals surface area contributed by atoms with Gasteiger partial charge in [-0.1, -0.05) is 24.3 Å². The average Bonchev–Trinajstić information content (AvgIpc) is 3.19. The number of carbonyl (C=O) groups excluding carboxylic acids is 1. The van der Waals surface area contributed by atoms with Crippen LogP contribution in [0.2, 0.25) is 0 Å². The van der Waals surface area contributed by atoms with Crippen LogP contribution in [-0.2, 0) is 13.1 Å². The second kappa shape index (κ2) is 9.57. The molecule has 7 nitrogen and oxygen atoms in total. The number of nitrogens with one attached hydrogen (secondary N) is 2. The molecule has 2 aromatic heterocycles. The first-order chi connectivity index (χ1) is 16.3. The molecular formula is C27H31N5O2. The largest absolute Gasteiger partial charge is 0.497 e. The lowest BCUT2D eigenvalue weighted by Crippen LogP contribution is -2.27. The highest BCUT2D eigenvalue weighted by molar-refractivity contribution is 6.00. The van der Waals surface area contributed by atoms with E-state index in [1.54, 1.807) is 13.2 Å². The summed E-state index contributed by atoms with van der Waals surface area (Å²) in [5.74, 6) is 1.42. The van der Waals surface area contributed by atoms with E-state index in [-0.39, 0.29) is 11.4 Å². The summed E-state index contributed by atoms with van der Waals surface area (Å²) in [5.41, 5.74) is 10.4. The summed E-state index contributed by atoms with van der Waals surface area (Å²) in [7, 11) is 1.64. The van der Waals surface area contributed by atoms with E-state index >= 15 is 0 Å². The Morgan fingerprint density at radius 3 is 2.47 bits per heavy atom. The molecule has 0 aliphatic heterocycles. The molecule has 2 aromatic carbocycles. The molecule has 0 spiro atoms. The van der Waals surface area contributed by atoms with E-state index in [0.29, 0.717) is 24.3 Å². The number of benzene rings is 2. The second-order valence-electron chi connectivity index (χ2n) is 9.23. The summed E-state index contributed by atoms with van der Waals surface area (Å²) in [6.45, 7) is 7.16. The fourth-order valence-electron chi connectivity index (χ4n) is 3.81. The zero-order valence-electron chi connectivity index (χ0n) is 20.1. The molecule has 0 atom stereocenters. The number of nitrogens with zero attached hydrogens (tertiary/aromatic N) is 2. The van der Waals surface area contributed by atoms with Crippen LogP contribution in [-0.4, -0.2) is 27.9 Å². The Bertz CT molecular complexity index is 1300. The van der Waals surface area contributed by atoms with Gasteiger partial charge in [0.1, 0.15) is 17.3 Å². The Kier molecular flexibility index (Phi) is 6.56. The Balaban J connectivity index is 1.72. The molecule has 0 aliphatic rings. The first kappa shape index (κ1) is 23.3. The van der Waals surface area contributed by atoms with Gasteiger partial charge in [-0.15, -0.1) is 0 Å². The monoisotopic (exact) mass is 457 g/mol. The third-order valence-electron chi connectivity index (χ3n) is 5.43. The van der Waals surface area contributed by atoms with Gasteiger partial charge in [0.25, 0.3) is 5.91 Å². The maximum atomic E-state index is 13.2. The van der Waals surface area contributed by atoms with Crippen molar-refractivity contribution < 1.29 is 9.53 Å². The van der Waals surface area contributed by atoms with E-state index in [2.05, 4.69) is 31.4 Å². The van der Waals surface area contributed by atoms with Gasteiger partial charge in [-0.05, 0) is 68.3 Å². The van der Waals surface area contributed by atoms with Gasteiger partial charge in [-0.25, -0.2) is 4.98 Å². The predicted octanol–water partition coefficient (Wildman–Crippen LogP) is 4.61. The van der Waals surface area contributed by atoms with Crippen molar-refractivity contribution in [1.29, 1.82) is 0 Å². The summed E-state index contributed by atoms with van der Waals surface area (Å²) in [5, 5.41) is 6.58. The van der Waals surface area contributed by atoms with Crippen molar-refractivity contribution in [3.8, 4) is 17.0 Å². The molecule has 176 valence electrons. The maximum Gasteiger partial charge on any atom is 0.255 e. The highest BCUT2D eigenvalue weighted by Gasteiger charge is 2.22. The number of ether oxygens (including phenoxy) is 1. The molecule has 1 amide bonds. The molecule has 4 aromatic rings. The number of anilines is 1. The van der Waals surface area contributed by atoms with Crippen molar-refractivity contribution >= 4 is 17.4 Å². The van der Waals surface area contributed by atoms with Crippen LogP contribution >= 0.6 is 0 Å². The molecule has 0 aliphatic carbocycles. The molecule has 4 N–H and O–H groups in total. The number of pyridine rings is 1. The number of hydrogen-bond acceptors (Lipinski definition) is 5. The molecule has 0 fully saturated rings. The van der Waals surface area contributed by atoms with Gasteiger partial charge in [-0.2, -0.15) is 0 Å². The molecule has 0 radical (unpaired) electrons. The Labute approximate surface area is 200 Å². The molecule has 0 unspecified atom stereocenters. The number of fused-ring (bicyclic) bond motifs is 1. The molecule has 0 bridgehead atoms. The number of methoxy groups -OCH3 is 1. The van der Waals surface area contributed by atoms with Crippen molar-refractivity contribution in [2.45, 2.75) is 39.4 Å². The molecule has 34 heavy (non-hydrogen) atoms. The van der Waals surface area contributed by atoms with Crippen LogP contribution in [0.3, 0.4) is 0 Å². The minimum atomic E-state index is -0.205. The number of aromatic nitrogens is 2. The Morgan fingerprint density at radius 2 is 1.79 bits per heavy atom. The number of carbonyl (C=O) groups is 1. The molecule has 2 heterocycles. The fourth-order valence-corrected chi connectivity index (χ4v) is 3.81. The zero-order chi connectivity index (χ0) is 24.3. The lowest BCUT2D eigenvalue weighted by molar-refractivity contribution is 0.0952. The van der Waals surface area contributed by atoms with Crippen molar-refractivity contribution in [2.75, 3.05) is 12.4 Å². The fraction of sp³-hybridized carbons (Fsp3) is 0.259. The standard InChI is InChI=1S/C27H31N5O2/c1-27(2,3)31-25-23(20-10-12-21(34-4)13-11-20)30-24-22(9-6-14-32(24)25)26(33)29-17-19-8-5-7-18(15-19)16-28/h5-15,31H,16-17,28H2,1-4H3,(H,29,33). The summed E-state index contributed by atoms with van der Waals surface area (Å²) in [6.07, 6.45) is 1.92. The van der Waals surface area contributed by atoms with Crippen molar-refractivity contribution in [3.05, 3.63) is 83.6 Å². The van der Waals surface area contributed by atoms with Gasteiger partial charge in [0.2, 0.25) is 0 Å². The summed E-state index contributed by atoms with van der Waals surface area (Å²) < 4.78 is 7.24. The van der Waals surface area contributed by atoms with Crippen LogP contribution in [0, 0.1) is 0 Å². The summed E-state index contributed by atoms with van der Waals surface area (Å²) in [6, 6.07) is 19.3. The number of rotatable bonds is 7. The van der Waals surface area contributed by atoms with Crippen LogP contribution in [0.15, 0.2) is 66.9 Å². The summed E-state index contributed by atoms with van der Waals surface area (Å²) >= 11 is 0. The number of nitrogens with two attached hydrogens (primary N) is 1. The van der Waals surface area contributed by atoms with Crippen LogP contribution in [0.5, 0.6) is 5.75 Å². The molecule has 0 saturated carbocycles. The van der Waals surface area contributed by atoms with Gasteiger partial charge in [0.05, 0.1) is 12.7 Å². The first-order valence-corrected chi connectivity index (χ1v) is 11.3. The van der Waals surface area contributed by atoms with Gasteiger partial charge >= 0.3 is 0 Å². The van der Waals surface area contributed by atoms with E-state index in [1.165, 1.54) is 0 Å². The second-order valence-corrected chi connectivity index (χ2v) is 9.23. The highest BCUT2D eigenvalue weighted by atomic mass is 16.5. The Morgan fingerprint density at radius 1 is 1.06 bits per heavy atom. The van der Waals surface area contributed by atoms with E-state index < -0.39 is 0 Å². The molecule has 0 saturated heterocycles. The van der Waals surface area contributed by atoms with E-state index in [1.807, 2.05) is 65.2 Å². The Hall–Kier alpha value is -3.84. The van der Waals surface area contributed by atoms with Crippen molar-refractivity contribution in [2.24, 2.45) is 5.73 Å². The van der Waals surface area contributed by atoms with E-state index in [0.717, 1.165) is 34.0 Å². The van der Waals surface area contributed by atoms with Crippen LogP contribution in [0.1, 0.15) is 42.3 Å². The van der Waals surface area contributed by atoms with Gasteiger partial charge < -0.3 is 21.1 Å². The topological polar surface area (TPSA) is 93.7 Å². The van der Waals surface area contributed by atoms with E-state index in [4.69, 9.17) is 15.5 Å². The maximum absolute atomic E-state index is 13.2. The molecule has 7 heteroatoms. The zero-order valence-corrected chi connectivity index (χ0v) is 20.1. The van der Waals surface area contributed by atoms with Crippen molar-refractivity contribution in [1.82, 2.24) is 14.7 Å². The number of imidazole rings is 1.